The number of carbonyl (C=O) groups excluding carboxylic acids is 1. The molecule has 0 fully saturated rings. The summed E-state index contributed by atoms with van der Waals surface area (Å²) in [4.78, 5) is 11.2. The average Bonchev–Trinajstić information content (AvgIpc) is 2.78. The highest BCUT2D eigenvalue weighted by molar-refractivity contribution is 5.88. The topological polar surface area (TPSA) is 64.3 Å². The fraction of sp³-hybridized carbons (Fsp3) is 0.0909. The van der Waals surface area contributed by atoms with Crippen molar-refractivity contribution in [3.63, 3.8) is 0 Å². The van der Waals surface area contributed by atoms with Crippen LogP contribution in [-0.2, 0) is 4.74 Å². The van der Waals surface area contributed by atoms with Gasteiger partial charge >= 0.3 is 5.97 Å². The molecule has 0 aliphatic rings. The molecule has 0 unspecified atom stereocenters. The maximum absolute atomic E-state index is 11.2. The molecular formula is C11H10N2O3. The summed E-state index contributed by atoms with van der Waals surface area (Å²) < 4.78 is 6.11. The Morgan fingerprint density at radius 3 is 2.69 bits per heavy atom. The van der Waals surface area contributed by atoms with Gasteiger partial charge < -0.3 is 9.84 Å². The molecule has 1 aromatic heterocycles. The molecule has 0 atom stereocenters. The summed E-state index contributed by atoms with van der Waals surface area (Å²) in [5.74, 6) is -0.242. The fourth-order valence-electron chi connectivity index (χ4n) is 1.29. The molecule has 5 nitrogen and oxygen atoms in total. The molecule has 0 amide bonds. The van der Waals surface area contributed by atoms with E-state index < -0.39 is 5.97 Å². The van der Waals surface area contributed by atoms with Crippen molar-refractivity contribution in [2.24, 2.45) is 0 Å². The second-order valence-corrected chi connectivity index (χ2v) is 3.18. The molecule has 0 saturated carbocycles. The summed E-state index contributed by atoms with van der Waals surface area (Å²) in [5, 5.41) is 13.2. The Balaban J connectivity index is 2.31. The molecule has 0 radical (unpaired) electrons. The number of hydrogen-bond acceptors (Lipinski definition) is 4. The summed E-state index contributed by atoms with van der Waals surface area (Å²) in [6, 6.07) is 6.50. The number of nitrogens with zero attached hydrogens (tertiary/aromatic N) is 2. The molecule has 1 N–H and O–H groups in total. The third kappa shape index (κ3) is 1.88. The molecule has 2 rings (SSSR count). The third-order valence-corrected chi connectivity index (χ3v) is 2.12. The van der Waals surface area contributed by atoms with Gasteiger partial charge in [0.25, 0.3) is 0 Å². The predicted octanol–water partition coefficient (Wildman–Crippen LogP) is 1.36. The number of phenols is 1. The zero-order chi connectivity index (χ0) is 11.5. The van der Waals surface area contributed by atoms with Crippen molar-refractivity contribution in [1.29, 1.82) is 0 Å². The number of benzene rings is 1. The highest BCUT2D eigenvalue weighted by atomic mass is 16.5. The number of aromatic hydroxyl groups is 1. The summed E-state index contributed by atoms with van der Waals surface area (Å²) in [6.45, 7) is 0. The summed E-state index contributed by atoms with van der Waals surface area (Å²) in [6.07, 6.45) is 3.00. The lowest BCUT2D eigenvalue weighted by Gasteiger charge is -2.00. The van der Waals surface area contributed by atoms with Crippen LogP contribution in [0.25, 0.3) is 5.69 Å². The lowest BCUT2D eigenvalue weighted by Crippen LogP contribution is -1.99. The van der Waals surface area contributed by atoms with E-state index >= 15 is 0 Å². The summed E-state index contributed by atoms with van der Waals surface area (Å²) in [7, 11) is 1.32. The van der Waals surface area contributed by atoms with Gasteiger partial charge in [0.15, 0.2) is 0 Å². The Labute approximate surface area is 91.9 Å². The molecule has 2 aromatic rings. The van der Waals surface area contributed by atoms with E-state index in [1.54, 1.807) is 30.5 Å². The van der Waals surface area contributed by atoms with Gasteiger partial charge in [-0.05, 0) is 24.3 Å². The first kappa shape index (κ1) is 10.2. The number of esters is 1. The van der Waals surface area contributed by atoms with Gasteiger partial charge in [-0.25, -0.2) is 9.48 Å². The minimum absolute atomic E-state index is 0.184. The Kier molecular flexibility index (Phi) is 2.59. The number of rotatable bonds is 2. The lowest BCUT2D eigenvalue weighted by molar-refractivity contribution is 0.0600. The number of hydrogen-bond donors (Lipinski definition) is 1. The van der Waals surface area contributed by atoms with Crippen molar-refractivity contribution in [3.8, 4) is 11.4 Å². The van der Waals surface area contributed by atoms with Gasteiger partial charge in [-0.15, -0.1) is 0 Å². The minimum Gasteiger partial charge on any atom is -0.508 e. The monoisotopic (exact) mass is 218 g/mol. The van der Waals surface area contributed by atoms with Gasteiger partial charge in [-0.1, -0.05) is 0 Å². The molecule has 0 aliphatic carbocycles. The molecule has 0 aliphatic heterocycles. The maximum Gasteiger partial charge on any atom is 0.341 e. The Hall–Kier alpha value is -2.30. The van der Waals surface area contributed by atoms with Crippen molar-refractivity contribution in [2.75, 3.05) is 7.11 Å². The zero-order valence-corrected chi connectivity index (χ0v) is 8.62. The van der Waals surface area contributed by atoms with Crippen LogP contribution in [0.1, 0.15) is 10.4 Å². The van der Waals surface area contributed by atoms with E-state index in [0.29, 0.717) is 5.56 Å². The quantitative estimate of drug-likeness (QED) is 0.773. The molecule has 1 aromatic carbocycles. The van der Waals surface area contributed by atoms with Gasteiger partial charge in [0.05, 0.1) is 24.6 Å². The van der Waals surface area contributed by atoms with Crippen LogP contribution < -0.4 is 0 Å². The van der Waals surface area contributed by atoms with E-state index in [9.17, 15) is 4.79 Å². The SMILES string of the molecule is COC(=O)c1cnn(-c2ccc(O)cc2)c1. The predicted molar refractivity (Wildman–Crippen MR) is 56.6 cm³/mol. The Bertz CT molecular complexity index is 502. The van der Waals surface area contributed by atoms with Crippen LogP contribution >= 0.6 is 0 Å². The van der Waals surface area contributed by atoms with Crippen molar-refractivity contribution >= 4 is 5.97 Å². The third-order valence-electron chi connectivity index (χ3n) is 2.12. The van der Waals surface area contributed by atoms with Crippen molar-refractivity contribution in [2.45, 2.75) is 0 Å². The highest BCUT2D eigenvalue weighted by Crippen LogP contribution is 2.13. The lowest BCUT2D eigenvalue weighted by atomic mass is 10.3. The fourth-order valence-corrected chi connectivity index (χ4v) is 1.29. The normalized spacial score (nSPS) is 10.1. The molecule has 82 valence electrons. The van der Waals surface area contributed by atoms with Crippen LogP contribution in [0.3, 0.4) is 0 Å². The number of aromatic nitrogens is 2. The Morgan fingerprint density at radius 2 is 2.06 bits per heavy atom. The summed E-state index contributed by atoms with van der Waals surface area (Å²) >= 11 is 0. The van der Waals surface area contributed by atoms with Gasteiger partial charge in [-0.2, -0.15) is 5.10 Å². The van der Waals surface area contributed by atoms with Crippen molar-refractivity contribution < 1.29 is 14.6 Å². The highest BCUT2D eigenvalue weighted by Gasteiger charge is 2.08. The van der Waals surface area contributed by atoms with Crippen LogP contribution in [-0.4, -0.2) is 28.0 Å². The molecule has 0 spiro atoms. The Morgan fingerprint density at radius 1 is 1.38 bits per heavy atom. The van der Waals surface area contributed by atoms with Crippen LogP contribution in [0.15, 0.2) is 36.7 Å². The molecular weight excluding hydrogens is 208 g/mol. The van der Waals surface area contributed by atoms with E-state index in [-0.39, 0.29) is 5.75 Å². The van der Waals surface area contributed by atoms with E-state index in [0.717, 1.165) is 5.69 Å². The van der Waals surface area contributed by atoms with Gasteiger partial charge in [0.2, 0.25) is 0 Å². The van der Waals surface area contributed by atoms with E-state index in [2.05, 4.69) is 9.84 Å². The van der Waals surface area contributed by atoms with Crippen LogP contribution in [0.5, 0.6) is 5.75 Å². The van der Waals surface area contributed by atoms with Gasteiger partial charge in [0.1, 0.15) is 5.75 Å². The standard InChI is InChI=1S/C11H10N2O3/c1-16-11(15)8-6-12-13(7-8)9-2-4-10(14)5-3-9/h2-7,14H,1H3. The second kappa shape index (κ2) is 4.06. The number of carbonyl (C=O) groups is 1. The van der Waals surface area contributed by atoms with E-state index in [4.69, 9.17) is 5.11 Å². The molecule has 0 saturated heterocycles. The second-order valence-electron chi connectivity index (χ2n) is 3.18. The van der Waals surface area contributed by atoms with Crippen molar-refractivity contribution in [1.82, 2.24) is 9.78 Å². The van der Waals surface area contributed by atoms with Crippen LogP contribution in [0.2, 0.25) is 0 Å². The maximum atomic E-state index is 11.2. The number of methoxy groups -OCH3 is 1. The van der Waals surface area contributed by atoms with Gasteiger partial charge in [0, 0.05) is 6.20 Å². The first-order valence-corrected chi connectivity index (χ1v) is 4.63. The van der Waals surface area contributed by atoms with Crippen molar-refractivity contribution in [3.05, 3.63) is 42.2 Å². The average molecular weight is 218 g/mol. The van der Waals surface area contributed by atoms with Crippen LogP contribution in [0.4, 0.5) is 0 Å². The first-order chi connectivity index (χ1) is 7.70. The van der Waals surface area contributed by atoms with E-state index in [1.807, 2.05) is 0 Å². The summed E-state index contributed by atoms with van der Waals surface area (Å²) in [5.41, 5.74) is 1.14. The van der Waals surface area contributed by atoms with E-state index in [1.165, 1.54) is 18.0 Å². The molecule has 16 heavy (non-hydrogen) atoms. The molecule has 1 heterocycles. The molecule has 0 bridgehead atoms. The smallest absolute Gasteiger partial charge is 0.341 e. The zero-order valence-electron chi connectivity index (χ0n) is 8.62. The minimum atomic E-state index is -0.426. The van der Waals surface area contributed by atoms with Gasteiger partial charge in [-0.3, -0.25) is 0 Å². The van der Waals surface area contributed by atoms with Crippen LogP contribution in [0, 0.1) is 0 Å². The molecule has 5 heteroatoms. The largest absolute Gasteiger partial charge is 0.508 e. The first-order valence-electron chi connectivity index (χ1n) is 4.63. The number of ether oxygens (including phenoxy) is 1. The number of phenolic OH excluding ortho intramolecular Hbond substituents is 1.